The SMILES string of the molecule is O=[Si](O)O.[O]=[Ti]([OH])[OH]. The molecule has 0 aromatic carbocycles. The molecule has 0 unspecified atom stereocenters. The second kappa shape index (κ2) is 7.05. The molecule has 0 aromatic heterocycles. The Balaban J connectivity index is 0. The quantitative estimate of drug-likeness (QED) is 0.295. The van der Waals surface area contributed by atoms with E-state index in [1.54, 1.807) is 0 Å². The summed E-state index contributed by atoms with van der Waals surface area (Å²) < 4.78 is 32.0. The fourth-order valence-corrected chi connectivity index (χ4v) is 0. The van der Waals surface area contributed by atoms with Crippen molar-refractivity contribution in [2.75, 3.05) is 0 Å². The summed E-state index contributed by atoms with van der Waals surface area (Å²) in [7, 11) is -3.13. The summed E-state index contributed by atoms with van der Waals surface area (Å²) in [4.78, 5) is 14.3. The predicted molar refractivity (Wildman–Crippen MR) is 16.0 cm³/mol. The van der Waals surface area contributed by atoms with Crippen LogP contribution in [-0.4, -0.2) is 26.1 Å². The summed E-state index contributed by atoms with van der Waals surface area (Å²) in [6, 6.07) is 0. The zero-order valence-electron chi connectivity index (χ0n) is 3.61. The van der Waals surface area contributed by atoms with Crippen molar-refractivity contribution in [2.24, 2.45) is 0 Å². The molecule has 8 heteroatoms. The van der Waals surface area contributed by atoms with Gasteiger partial charge in [-0.1, -0.05) is 0 Å². The van der Waals surface area contributed by atoms with E-state index in [1.807, 2.05) is 0 Å². The zero-order chi connectivity index (χ0) is 7.15. The molecule has 0 atom stereocenters. The van der Waals surface area contributed by atoms with Crippen LogP contribution in [0.4, 0.5) is 0 Å². The first-order valence-corrected chi connectivity index (χ1v) is 4.64. The Kier molecular flexibility index (Phi) is 9.64. The molecule has 48 valence electrons. The Hall–Kier alpha value is 0.0512. The van der Waals surface area contributed by atoms with Gasteiger partial charge in [0.05, 0.1) is 0 Å². The molecule has 0 fully saturated rings. The van der Waals surface area contributed by atoms with Gasteiger partial charge in [-0.15, -0.1) is 0 Å². The van der Waals surface area contributed by atoms with Crippen LogP contribution in [0.3, 0.4) is 0 Å². The van der Waals surface area contributed by atoms with E-state index in [-0.39, 0.29) is 0 Å². The van der Waals surface area contributed by atoms with Crippen LogP contribution in [0, 0.1) is 0 Å². The normalized spacial score (nSPS) is 6.25. The molecule has 0 rings (SSSR count). The van der Waals surface area contributed by atoms with E-state index in [2.05, 4.69) is 0 Å². The van der Waals surface area contributed by atoms with Crippen molar-refractivity contribution >= 4 is 9.17 Å². The molecule has 0 aliphatic heterocycles. The van der Waals surface area contributed by atoms with Gasteiger partial charge in [-0.25, -0.2) is 0 Å². The Labute approximate surface area is 53.0 Å². The van der Waals surface area contributed by atoms with Crippen molar-refractivity contribution in [2.45, 2.75) is 0 Å². The summed E-state index contributed by atoms with van der Waals surface area (Å²) in [6.07, 6.45) is 0. The van der Waals surface area contributed by atoms with E-state index >= 15 is 0 Å². The molecule has 0 aromatic rings. The molecule has 0 radical (unpaired) electrons. The summed E-state index contributed by atoms with van der Waals surface area (Å²) >= 11 is -3.58. The predicted octanol–water partition coefficient (Wildman–Crippen LogP) is -2.85. The number of hydrogen-bond acceptors (Lipinski definition) is 2. The molecule has 8 heavy (non-hydrogen) atoms. The van der Waals surface area contributed by atoms with Crippen molar-refractivity contribution in [1.29, 1.82) is 0 Å². The summed E-state index contributed by atoms with van der Waals surface area (Å²) in [5.74, 6) is 0. The maximum atomic E-state index is 8.81. The van der Waals surface area contributed by atoms with Crippen LogP contribution in [0.15, 0.2) is 0 Å². The number of rotatable bonds is 0. The molecule has 0 saturated heterocycles. The van der Waals surface area contributed by atoms with Crippen LogP contribution >= 0.6 is 0 Å². The van der Waals surface area contributed by atoms with E-state index in [0.29, 0.717) is 0 Å². The Morgan fingerprint density at radius 2 is 1.25 bits per heavy atom. The minimum absolute atomic E-state index is 3.13. The van der Waals surface area contributed by atoms with Crippen LogP contribution < -0.4 is 0 Å². The van der Waals surface area contributed by atoms with Crippen LogP contribution in [0.5, 0.6) is 0 Å². The molecular formula is H4O6SiTi. The molecule has 0 amide bonds. The van der Waals surface area contributed by atoms with E-state index in [1.165, 1.54) is 0 Å². The molecule has 0 aliphatic rings. The van der Waals surface area contributed by atoms with Gasteiger partial charge >= 0.3 is 38.5 Å². The molecule has 0 saturated carbocycles. The van der Waals surface area contributed by atoms with Crippen molar-refractivity contribution < 1.29 is 43.4 Å². The van der Waals surface area contributed by atoms with Crippen molar-refractivity contribution in [3.05, 3.63) is 0 Å². The van der Waals surface area contributed by atoms with Crippen LogP contribution in [-0.2, 0) is 26.4 Å². The van der Waals surface area contributed by atoms with E-state index in [4.69, 9.17) is 24.8 Å². The van der Waals surface area contributed by atoms with Crippen LogP contribution in [0.1, 0.15) is 0 Å². The second-order valence-electron chi connectivity index (χ2n) is 0.565. The topological polar surface area (TPSA) is 115 Å². The minimum atomic E-state index is -3.58. The molecule has 0 spiro atoms. The summed E-state index contributed by atoms with van der Waals surface area (Å²) in [5.41, 5.74) is 0. The summed E-state index contributed by atoms with van der Waals surface area (Å²) in [6.45, 7) is 0. The van der Waals surface area contributed by atoms with E-state index in [0.717, 1.165) is 0 Å². The van der Waals surface area contributed by atoms with E-state index in [9.17, 15) is 0 Å². The van der Waals surface area contributed by atoms with E-state index < -0.39 is 27.8 Å². The zero-order valence-corrected chi connectivity index (χ0v) is 6.17. The average Bonchev–Trinajstić information content (AvgIpc) is 1.25. The van der Waals surface area contributed by atoms with Crippen molar-refractivity contribution in [3.63, 3.8) is 0 Å². The fraction of sp³-hybridized carbons (Fsp3) is 0. The van der Waals surface area contributed by atoms with Crippen LogP contribution in [0.25, 0.3) is 0 Å². The van der Waals surface area contributed by atoms with Crippen LogP contribution in [0.2, 0.25) is 0 Å². The Morgan fingerprint density at radius 1 is 1.25 bits per heavy atom. The first kappa shape index (κ1) is 10.9. The third-order valence-electron chi connectivity index (χ3n) is 0. The summed E-state index contributed by atoms with van der Waals surface area (Å²) in [5, 5.41) is 0. The van der Waals surface area contributed by atoms with Gasteiger partial charge in [-0.05, 0) is 0 Å². The monoisotopic (exact) mass is 176 g/mol. The Morgan fingerprint density at radius 3 is 1.25 bits per heavy atom. The first-order chi connectivity index (χ1) is 3.46. The van der Waals surface area contributed by atoms with Crippen molar-refractivity contribution in [1.82, 2.24) is 0 Å². The molecule has 0 bridgehead atoms. The third kappa shape index (κ3) is 59000. The van der Waals surface area contributed by atoms with Gasteiger partial charge in [0, 0.05) is 0 Å². The molecule has 6 nitrogen and oxygen atoms in total. The molecule has 0 aliphatic carbocycles. The fourth-order valence-electron chi connectivity index (χ4n) is 0. The van der Waals surface area contributed by atoms with Crippen molar-refractivity contribution in [3.8, 4) is 0 Å². The van der Waals surface area contributed by atoms with Gasteiger partial charge in [0.15, 0.2) is 0 Å². The standard InChI is InChI=1S/H2O3Si.2H2O.O.Ti/c1-4(2)3;;;;/h1-2H;2*1H2;;/q;;;;+2/p-2. The first-order valence-electron chi connectivity index (χ1n) is 1.30. The Bertz CT molecular complexity index is 66.5. The van der Waals surface area contributed by atoms with Gasteiger partial charge in [0.1, 0.15) is 0 Å². The van der Waals surface area contributed by atoms with Gasteiger partial charge in [-0.2, -0.15) is 0 Å². The average molecular weight is 176 g/mol. The van der Waals surface area contributed by atoms with Gasteiger partial charge in [-0.3, -0.25) is 4.46 Å². The van der Waals surface area contributed by atoms with Gasteiger partial charge < -0.3 is 9.59 Å². The third-order valence-corrected chi connectivity index (χ3v) is 0. The van der Waals surface area contributed by atoms with Gasteiger partial charge in [0.2, 0.25) is 0 Å². The molecular weight excluding hydrogens is 172 g/mol. The second-order valence-corrected chi connectivity index (χ2v) is 2.01. The molecule has 4 N–H and O–H groups in total. The van der Waals surface area contributed by atoms with Gasteiger partial charge in [0.25, 0.3) is 0 Å². The molecule has 0 heterocycles. The number of hydrogen-bond donors (Lipinski definition) is 4. The maximum absolute atomic E-state index is 8.81.